The molecule has 0 unspecified atom stereocenters. The minimum atomic E-state index is -0.800. The quantitative estimate of drug-likeness (QED) is 0.830. The Hall–Kier alpha value is -1.45. The third-order valence-electron chi connectivity index (χ3n) is 2.91. The molecule has 0 saturated heterocycles. The molecule has 0 aliphatic carbocycles. The number of rotatable bonds is 5. The van der Waals surface area contributed by atoms with Crippen LogP contribution in [0.1, 0.15) is 11.1 Å². The first kappa shape index (κ1) is 14.9. The molecule has 2 nitrogen and oxygen atoms in total. The lowest BCUT2D eigenvalue weighted by molar-refractivity contribution is -0.136. The standard InChI is InChI=1S/C16H15ClO2S/c1-11-2-4-12(5-3-11)10-15(16(18)19)20-14-8-6-13(17)7-9-14/h2-9,15H,10H2,1H3,(H,18,19)/t15-/m0/s1. The van der Waals surface area contributed by atoms with E-state index in [0.29, 0.717) is 11.4 Å². The topological polar surface area (TPSA) is 37.3 Å². The normalized spacial score (nSPS) is 12.1. The van der Waals surface area contributed by atoms with Gasteiger partial charge in [0.1, 0.15) is 5.25 Å². The summed E-state index contributed by atoms with van der Waals surface area (Å²) in [5.41, 5.74) is 2.20. The van der Waals surface area contributed by atoms with Gasteiger partial charge in [0.15, 0.2) is 0 Å². The number of benzene rings is 2. The molecule has 0 amide bonds. The Bertz CT molecular complexity index is 531. The summed E-state index contributed by atoms with van der Waals surface area (Å²) in [6.07, 6.45) is 0.503. The van der Waals surface area contributed by atoms with E-state index >= 15 is 0 Å². The zero-order valence-electron chi connectivity index (χ0n) is 11.0. The summed E-state index contributed by atoms with van der Waals surface area (Å²) in [7, 11) is 0. The number of hydrogen-bond donors (Lipinski definition) is 1. The van der Waals surface area contributed by atoms with Crippen molar-refractivity contribution in [3.63, 3.8) is 0 Å². The van der Waals surface area contributed by atoms with Crippen molar-refractivity contribution in [2.24, 2.45) is 0 Å². The highest BCUT2D eigenvalue weighted by Gasteiger charge is 2.19. The van der Waals surface area contributed by atoms with Gasteiger partial charge < -0.3 is 5.11 Å². The number of carbonyl (C=O) groups is 1. The van der Waals surface area contributed by atoms with Crippen molar-refractivity contribution in [3.05, 3.63) is 64.7 Å². The zero-order chi connectivity index (χ0) is 14.5. The molecule has 0 aromatic heterocycles. The van der Waals surface area contributed by atoms with Gasteiger partial charge in [0.05, 0.1) is 0 Å². The average molecular weight is 307 g/mol. The summed E-state index contributed by atoms with van der Waals surface area (Å²) in [6, 6.07) is 15.2. The van der Waals surface area contributed by atoms with Crippen LogP contribution >= 0.6 is 23.4 Å². The van der Waals surface area contributed by atoms with Crippen molar-refractivity contribution < 1.29 is 9.90 Å². The fourth-order valence-corrected chi connectivity index (χ4v) is 2.92. The summed E-state index contributed by atoms with van der Waals surface area (Å²) in [4.78, 5) is 12.3. The van der Waals surface area contributed by atoms with Crippen LogP contribution in [0.2, 0.25) is 5.02 Å². The molecular formula is C16H15ClO2S. The molecule has 2 aromatic rings. The highest BCUT2D eigenvalue weighted by atomic mass is 35.5. The van der Waals surface area contributed by atoms with Crippen molar-refractivity contribution in [1.82, 2.24) is 0 Å². The van der Waals surface area contributed by atoms with Gasteiger partial charge in [-0.25, -0.2) is 0 Å². The minimum absolute atomic E-state index is 0.501. The fourth-order valence-electron chi connectivity index (χ4n) is 1.80. The maximum Gasteiger partial charge on any atom is 0.317 e. The predicted octanol–water partition coefficient (Wildman–Crippen LogP) is 4.44. The number of aliphatic carboxylic acids is 1. The second-order valence-corrected chi connectivity index (χ2v) is 6.30. The van der Waals surface area contributed by atoms with E-state index in [-0.39, 0.29) is 0 Å². The molecule has 2 rings (SSSR count). The lowest BCUT2D eigenvalue weighted by Gasteiger charge is -2.12. The van der Waals surface area contributed by atoms with Crippen LogP contribution in [0, 0.1) is 6.92 Å². The van der Waals surface area contributed by atoms with E-state index in [1.165, 1.54) is 17.3 Å². The van der Waals surface area contributed by atoms with Crippen LogP contribution in [0.4, 0.5) is 0 Å². The average Bonchev–Trinajstić information content (AvgIpc) is 2.42. The van der Waals surface area contributed by atoms with E-state index < -0.39 is 11.2 Å². The van der Waals surface area contributed by atoms with Gasteiger partial charge in [-0.15, -0.1) is 11.8 Å². The van der Waals surface area contributed by atoms with Crippen molar-refractivity contribution >= 4 is 29.3 Å². The third-order valence-corrected chi connectivity index (χ3v) is 4.36. The molecule has 2 aromatic carbocycles. The van der Waals surface area contributed by atoms with Crippen LogP contribution in [-0.2, 0) is 11.2 Å². The van der Waals surface area contributed by atoms with Gasteiger partial charge in [-0.05, 0) is 43.2 Å². The Balaban J connectivity index is 2.09. The third kappa shape index (κ3) is 4.29. The second kappa shape index (κ2) is 6.82. The van der Waals surface area contributed by atoms with Crippen molar-refractivity contribution in [2.75, 3.05) is 0 Å². The summed E-state index contributed by atoms with van der Waals surface area (Å²) < 4.78 is 0. The molecule has 1 N–H and O–H groups in total. The number of thioether (sulfide) groups is 1. The Morgan fingerprint density at radius 1 is 1.15 bits per heavy atom. The van der Waals surface area contributed by atoms with Crippen LogP contribution in [0.15, 0.2) is 53.4 Å². The molecule has 4 heteroatoms. The lowest BCUT2D eigenvalue weighted by Crippen LogP contribution is -2.19. The maximum atomic E-state index is 11.4. The zero-order valence-corrected chi connectivity index (χ0v) is 12.6. The predicted molar refractivity (Wildman–Crippen MR) is 83.6 cm³/mol. The van der Waals surface area contributed by atoms with Gasteiger partial charge in [-0.2, -0.15) is 0 Å². The lowest BCUT2D eigenvalue weighted by atomic mass is 10.1. The highest BCUT2D eigenvalue weighted by molar-refractivity contribution is 8.00. The first-order chi connectivity index (χ1) is 9.54. The number of hydrogen-bond acceptors (Lipinski definition) is 2. The maximum absolute atomic E-state index is 11.4. The van der Waals surface area contributed by atoms with Gasteiger partial charge in [0.25, 0.3) is 0 Å². The van der Waals surface area contributed by atoms with Crippen molar-refractivity contribution in [3.8, 4) is 0 Å². The van der Waals surface area contributed by atoms with E-state index in [2.05, 4.69) is 0 Å². The van der Waals surface area contributed by atoms with Gasteiger partial charge >= 0.3 is 5.97 Å². The summed E-state index contributed by atoms with van der Waals surface area (Å²) >= 11 is 7.18. The van der Waals surface area contributed by atoms with Crippen molar-refractivity contribution in [1.29, 1.82) is 0 Å². The largest absolute Gasteiger partial charge is 0.480 e. The van der Waals surface area contributed by atoms with Crippen LogP contribution in [0.3, 0.4) is 0 Å². The monoisotopic (exact) mass is 306 g/mol. The Morgan fingerprint density at radius 2 is 1.75 bits per heavy atom. The molecule has 20 heavy (non-hydrogen) atoms. The van der Waals surface area contributed by atoms with Gasteiger partial charge in [-0.1, -0.05) is 41.4 Å². The Kier molecular flexibility index (Phi) is 5.10. The summed E-state index contributed by atoms with van der Waals surface area (Å²) in [5.74, 6) is -0.800. The van der Waals surface area contributed by atoms with E-state index in [9.17, 15) is 9.90 Å². The Morgan fingerprint density at radius 3 is 2.30 bits per heavy atom. The molecule has 0 fully saturated rings. The molecule has 0 spiro atoms. The van der Waals surface area contributed by atoms with Gasteiger partial charge in [0, 0.05) is 9.92 Å². The molecule has 1 atom stereocenters. The number of carboxylic acids is 1. The second-order valence-electron chi connectivity index (χ2n) is 4.59. The smallest absolute Gasteiger partial charge is 0.317 e. The molecule has 104 valence electrons. The van der Waals surface area contributed by atoms with E-state index in [4.69, 9.17) is 11.6 Å². The SMILES string of the molecule is Cc1ccc(C[C@H](Sc2ccc(Cl)cc2)C(=O)O)cc1. The number of halogens is 1. The molecule has 0 aliphatic heterocycles. The van der Waals surface area contributed by atoms with Crippen LogP contribution in [0.5, 0.6) is 0 Å². The van der Waals surface area contributed by atoms with E-state index in [1.54, 1.807) is 12.1 Å². The summed E-state index contributed by atoms with van der Waals surface area (Å²) in [6.45, 7) is 2.01. The van der Waals surface area contributed by atoms with Crippen LogP contribution in [0.25, 0.3) is 0 Å². The fraction of sp³-hybridized carbons (Fsp3) is 0.188. The first-order valence-electron chi connectivity index (χ1n) is 6.25. The van der Waals surface area contributed by atoms with Gasteiger partial charge in [0.2, 0.25) is 0 Å². The van der Waals surface area contributed by atoms with Crippen molar-refractivity contribution in [2.45, 2.75) is 23.5 Å². The number of aryl methyl sites for hydroxylation is 1. The number of carboxylic acid groups (broad SMARTS) is 1. The first-order valence-corrected chi connectivity index (χ1v) is 7.51. The van der Waals surface area contributed by atoms with E-state index in [0.717, 1.165) is 10.5 Å². The van der Waals surface area contributed by atoms with Gasteiger partial charge in [-0.3, -0.25) is 4.79 Å². The molecule has 0 saturated carbocycles. The molecule has 0 heterocycles. The molecular weight excluding hydrogens is 292 g/mol. The van der Waals surface area contributed by atoms with Crippen LogP contribution in [-0.4, -0.2) is 16.3 Å². The van der Waals surface area contributed by atoms with E-state index in [1.807, 2.05) is 43.3 Å². The molecule has 0 bridgehead atoms. The highest BCUT2D eigenvalue weighted by Crippen LogP contribution is 2.27. The minimum Gasteiger partial charge on any atom is -0.480 e. The molecule has 0 aliphatic rings. The summed E-state index contributed by atoms with van der Waals surface area (Å²) in [5, 5.41) is 9.51. The Labute approximate surface area is 127 Å². The molecule has 0 radical (unpaired) electrons. The van der Waals surface area contributed by atoms with Crippen LogP contribution < -0.4 is 0 Å².